The van der Waals surface area contributed by atoms with Crippen LogP contribution in [0.2, 0.25) is 0 Å². The van der Waals surface area contributed by atoms with Gasteiger partial charge in [0.25, 0.3) is 0 Å². The van der Waals surface area contributed by atoms with Crippen molar-refractivity contribution in [3.05, 3.63) is 0 Å². The number of hydrogen-bond donors (Lipinski definition) is 1. The van der Waals surface area contributed by atoms with E-state index in [0.717, 1.165) is 18.3 Å². The van der Waals surface area contributed by atoms with Crippen molar-refractivity contribution < 1.29 is 0 Å². The van der Waals surface area contributed by atoms with Crippen molar-refractivity contribution in [3.8, 4) is 0 Å². The van der Waals surface area contributed by atoms with E-state index in [1.807, 2.05) is 0 Å². The first-order chi connectivity index (χ1) is 6.32. The molecule has 0 aromatic heterocycles. The van der Waals surface area contributed by atoms with Crippen LogP contribution >= 0.6 is 0 Å². The highest BCUT2D eigenvalue weighted by atomic mass is 15.2. The number of hydrogen-bond acceptors (Lipinski definition) is 1. The number of piperidine rings is 1. The molecule has 1 aliphatic heterocycles. The van der Waals surface area contributed by atoms with Gasteiger partial charge in [-0.25, -0.2) is 0 Å². The average Bonchev–Trinajstić information content (AvgIpc) is 2.06. The van der Waals surface area contributed by atoms with Crippen molar-refractivity contribution in [1.29, 1.82) is 5.41 Å². The molecule has 1 heterocycles. The number of amidine groups is 1. The smallest absolute Gasteiger partial charge is 0.101 e. The number of nitrogens with zero attached hydrogens (tertiary/aromatic N) is 1. The molecule has 1 saturated heterocycles. The molecule has 0 amide bonds. The summed E-state index contributed by atoms with van der Waals surface area (Å²) >= 11 is 0. The van der Waals surface area contributed by atoms with E-state index in [-0.39, 0.29) is 5.41 Å². The Morgan fingerprint density at radius 2 is 1.79 bits per heavy atom. The molecule has 1 rings (SSSR count). The van der Waals surface area contributed by atoms with Crippen LogP contribution in [0.3, 0.4) is 0 Å². The van der Waals surface area contributed by atoms with E-state index in [4.69, 9.17) is 5.41 Å². The van der Waals surface area contributed by atoms with Gasteiger partial charge in [-0.15, -0.1) is 0 Å². The van der Waals surface area contributed by atoms with Crippen molar-refractivity contribution in [2.24, 2.45) is 11.3 Å². The predicted octanol–water partition coefficient (Wildman–Crippen LogP) is 3.13. The van der Waals surface area contributed by atoms with Crippen LogP contribution in [0.15, 0.2) is 0 Å². The lowest BCUT2D eigenvalue weighted by Crippen LogP contribution is -2.48. The van der Waals surface area contributed by atoms with Gasteiger partial charge in [-0.05, 0) is 25.7 Å². The predicted molar refractivity (Wildman–Crippen MR) is 61.7 cm³/mol. The summed E-state index contributed by atoms with van der Waals surface area (Å²) in [7, 11) is 0. The monoisotopic (exact) mass is 196 g/mol. The minimum atomic E-state index is -0.00861. The van der Waals surface area contributed by atoms with Crippen LogP contribution in [-0.2, 0) is 0 Å². The van der Waals surface area contributed by atoms with Gasteiger partial charge >= 0.3 is 0 Å². The maximum atomic E-state index is 8.18. The molecule has 0 aromatic carbocycles. The summed E-state index contributed by atoms with van der Waals surface area (Å²) in [6.07, 6.45) is 2.55. The largest absolute Gasteiger partial charge is 0.357 e. The minimum Gasteiger partial charge on any atom is -0.357 e. The molecule has 0 radical (unpaired) electrons. The second-order valence-corrected chi connectivity index (χ2v) is 5.78. The molecule has 2 atom stereocenters. The topological polar surface area (TPSA) is 27.1 Å². The first-order valence-corrected chi connectivity index (χ1v) is 5.68. The van der Waals surface area contributed by atoms with Crippen LogP contribution in [0.4, 0.5) is 0 Å². The number of likely N-dealkylation sites (tertiary alicyclic amines) is 1. The van der Waals surface area contributed by atoms with Gasteiger partial charge in [0, 0.05) is 18.0 Å². The van der Waals surface area contributed by atoms with Crippen LogP contribution in [0.25, 0.3) is 0 Å². The molecule has 2 unspecified atom stereocenters. The molecule has 0 aromatic rings. The summed E-state index contributed by atoms with van der Waals surface area (Å²) in [6, 6.07) is 0.554. The standard InChI is InChI=1S/C12H24N2/c1-9-6-7-10(2)14(8-9)11(13)12(3,4)5/h9-10,13H,6-8H2,1-5H3. The molecule has 0 bridgehead atoms. The fourth-order valence-electron chi connectivity index (χ4n) is 2.03. The van der Waals surface area contributed by atoms with Crippen molar-refractivity contribution in [1.82, 2.24) is 4.90 Å². The molecular weight excluding hydrogens is 172 g/mol. The van der Waals surface area contributed by atoms with Gasteiger partial charge in [-0.2, -0.15) is 0 Å². The maximum absolute atomic E-state index is 8.18. The highest BCUT2D eigenvalue weighted by Gasteiger charge is 2.30. The zero-order chi connectivity index (χ0) is 10.9. The summed E-state index contributed by atoms with van der Waals surface area (Å²) in [6.45, 7) is 12.0. The summed E-state index contributed by atoms with van der Waals surface area (Å²) in [5.41, 5.74) is -0.00861. The lowest BCUT2D eigenvalue weighted by Gasteiger charge is -2.42. The van der Waals surface area contributed by atoms with Crippen molar-refractivity contribution >= 4 is 5.84 Å². The van der Waals surface area contributed by atoms with Gasteiger partial charge in [0.1, 0.15) is 5.84 Å². The normalized spacial score (nSPS) is 29.1. The first kappa shape index (κ1) is 11.5. The zero-order valence-corrected chi connectivity index (χ0v) is 10.2. The lowest BCUT2D eigenvalue weighted by atomic mass is 9.88. The third-order valence-electron chi connectivity index (χ3n) is 3.12. The Kier molecular flexibility index (Phi) is 3.23. The fourth-order valence-corrected chi connectivity index (χ4v) is 2.03. The second kappa shape index (κ2) is 3.92. The van der Waals surface area contributed by atoms with E-state index in [0.29, 0.717) is 6.04 Å². The summed E-state index contributed by atoms with van der Waals surface area (Å²) in [5.74, 6) is 1.55. The third kappa shape index (κ3) is 2.49. The fraction of sp³-hybridized carbons (Fsp3) is 0.917. The van der Waals surface area contributed by atoms with Crippen LogP contribution in [0.1, 0.15) is 47.5 Å². The van der Waals surface area contributed by atoms with Crippen LogP contribution < -0.4 is 0 Å². The Balaban J connectivity index is 2.70. The molecular formula is C12H24N2. The van der Waals surface area contributed by atoms with Gasteiger partial charge in [-0.1, -0.05) is 27.7 Å². The Hall–Kier alpha value is -0.530. The number of rotatable bonds is 0. The molecule has 14 heavy (non-hydrogen) atoms. The van der Waals surface area contributed by atoms with E-state index in [9.17, 15) is 0 Å². The molecule has 0 aliphatic carbocycles. The molecule has 1 N–H and O–H groups in total. The molecule has 1 aliphatic rings. The van der Waals surface area contributed by atoms with Crippen LogP contribution in [0.5, 0.6) is 0 Å². The highest BCUT2D eigenvalue weighted by molar-refractivity contribution is 5.84. The quantitative estimate of drug-likeness (QED) is 0.468. The van der Waals surface area contributed by atoms with E-state index in [2.05, 4.69) is 39.5 Å². The number of nitrogens with one attached hydrogen (secondary N) is 1. The Morgan fingerprint density at radius 1 is 1.21 bits per heavy atom. The molecule has 0 spiro atoms. The Morgan fingerprint density at radius 3 is 2.29 bits per heavy atom. The third-order valence-corrected chi connectivity index (χ3v) is 3.12. The molecule has 2 heteroatoms. The van der Waals surface area contributed by atoms with Crippen molar-refractivity contribution in [2.75, 3.05) is 6.54 Å². The SMILES string of the molecule is CC1CCC(C)N(C(=N)C(C)(C)C)C1. The van der Waals surface area contributed by atoms with E-state index >= 15 is 0 Å². The average molecular weight is 196 g/mol. The first-order valence-electron chi connectivity index (χ1n) is 5.68. The Bertz CT molecular complexity index is 215. The van der Waals surface area contributed by atoms with Gasteiger partial charge in [0.15, 0.2) is 0 Å². The molecule has 82 valence electrons. The lowest BCUT2D eigenvalue weighted by molar-refractivity contribution is 0.191. The zero-order valence-electron chi connectivity index (χ0n) is 10.2. The van der Waals surface area contributed by atoms with Gasteiger partial charge in [-0.3, -0.25) is 5.41 Å². The summed E-state index contributed by atoms with van der Waals surface area (Å²) in [4.78, 5) is 2.29. The minimum absolute atomic E-state index is 0.00861. The van der Waals surface area contributed by atoms with Gasteiger partial charge < -0.3 is 4.90 Å². The maximum Gasteiger partial charge on any atom is 0.101 e. The Labute approximate surface area is 88.2 Å². The highest BCUT2D eigenvalue weighted by Crippen LogP contribution is 2.27. The van der Waals surface area contributed by atoms with E-state index in [1.165, 1.54) is 12.8 Å². The van der Waals surface area contributed by atoms with E-state index in [1.54, 1.807) is 0 Å². The van der Waals surface area contributed by atoms with Crippen molar-refractivity contribution in [3.63, 3.8) is 0 Å². The molecule has 1 fully saturated rings. The van der Waals surface area contributed by atoms with Crippen molar-refractivity contribution in [2.45, 2.75) is 53.5 Å². The molecule has 2 nitrogen and oxygen atoms in total. The second-order valence-electron chi connectivity index (χ2n) is 5.78. The summed E-state index contributed by atoms with van der Waals surface area (Å²) in [5, 5.41) is 8.18. The van der Waals surface area contributed by atoms with Crippen LogP contribution in [0, 0.1) is 16.7 Å². The van der Waals surface area contributed by atoms with Crippen LogP contribution in [-0.4, -0.2) is 23.3 Å². The van der Waals surface area contributed by atoms with Gasteiger partial charge in [0.05, 0.1) is 0 Å². The molecule has 0 saturated carbocycles. The summed E-state index contributed by atoms with van der Waals surface area (Å²) < 4.78 is 0. The van der Waals surface area contributed by atoms with Gasteiger partial charge in [0.2, 0.25) is 0 Å². The van der Waals surface area contributed by atoms with E-state index < -0.39 is 0 Å².